The van der Waals surface area contributed by atoms with E-state index in [1.165, 1.54) is 18.3 Å². The van der Waals surface area contributed by atoms with Crippen LogP contribution >= 0.6 is 11.3 Å². The van der Waals surface area contributed by atoms with Crippen LogP contribution in [0.4, 0.5) is 5.13 Å². The van der Waals surface area contributed by atoms with Gasteiger partial charge in [0.25, 0.3) is 0 Å². The minimum atomic E-state index is -0.722. The summed E-state index contributed by atoms with van der Waals surface area (Å²) < 4.78 is 0. The van der Waals surface area contributed by atoms with E-state index in [0.29, 0.717) is 31.2 Å². The molecule has 6 nitrogen and oxygen atoms in total. The van der Waals surface area contributed by atoms with Crippen LogP contribution in [-0.4, -0.2) is 46.5 Å². The van der Waals surface area contributed by atoms with Crippen molar-refractivity contribution < 1.29 is 14.7 Å². The number of hydrogen-bond donors (Lipinski definition) is 1. The van der Waals surface area contributed by atoms with Gasteiger partial charge in [-0.2, -0.15) is 0 Å². The number of hydrogen-bond acceptors (Lipinski definition) is 5. The molecular weight excluding hydrogens is 278 g/mol. The van der Waals surface area contributed by atoms with Gasteiger partial charge in [-0.15, -0.1) is 11.3 Å². The second-order valence-electron chi connectivity index (χ2n) is 4.94. The summed E-state index contributed by atoms with van der Waals surface area (Å²) >= 11 is 1.45. The molecule has 2 rings (SSSR count). The first kappa shape index (κ1) is 14.9. The van der Waals surface area contributed by atoms with Crippen molar-refractivity contribution in [1.29, 1.82) is 0 Å². The van der Waals surface area contributed by atoms with Gasteiger partial charge in [-0.05, 0) is 19.9 Å². The predicted octanol–water partition coefficient (Wildman–Crippen LogP) is 1.42. The molecule has 1 aliphatic rings. The number of amides is 1. The monoisotopic (exact) mass is 297 g/mol. The number of likely N-dealkylation sites (tertiary alicyclic amines) is 1. The van der Waals surface area contributed by atoms with Gasteiger partial charge in [-0.25, -0.2) is 4.98 Å². The fraction of sp³-hybridized carbons (Fsp3) is 0.615. The molecule has 0 aliphatic carbocycles. The highest BCUT2D eigenvalue weighted by Gasteiger charge is 2.28. The number of carboxylic acids is 1. The summed E-state index contributed by atoms with van der Waals surface area (Å²) in [6, 6.07) is 0. The molecule has 1 aliphatic heterocycles. The first-order chi connectivity index (χ1) is 9.51. The van der Waals surface area contributed by atoms with E-state index in [-0.39, 0.29) is 11.8 Å². The number of aromatic nitrogens is 1. The van der Waals surface area contributed by atoms with E-state index in [1.54, 1.807) is 4.90 Å². The van der Waals surface area contributed by atoms with E-state index in [4.69, 9.17) is 5.11 Å². The highest BCUT2D eigenvalue weighted by molar-refractivity contribution is 7.14. The maximum Gasteiger partial charge on any atom is 0.307 e. The van der Waals surface area contributed by atoms with Crippen molar-refractivity contribution >= 4 is 28.3 Å². The molecule has 1 N–H and O–H groups in total. The van der Waals surface area contributed by atoms with Gasteiger partial charge in [-0.1, -0.05) is 0 Å². The van der Waals surface area contributed by atoms with E-state index < -0.39 is 5.97 Å². The summed E-state index contributed by atoms with van der Waals surface area (Å²) in [5.74, 6) is -1.00. The molecule has 20 heavy (non-hydrogen) atoms. The number of thiazole rings is 1. The van der Waals surface area contributed by atoms with Crippen LogP contribution in [0.3, 0.4) is 0 Å². The number of anilines is 1. The van der Waals surface area contributed by atoms with E-state index in [2.05, 4.69) is 9.88 Å². The van der Waals surface area contributed by atoms with E-state index >= 15 is 0 Å². The van der Waals surface area contributed by atoms with E-state index in [0.717, 1.165) is 12.2 Å². The zero-order valence-electron chi connectivity index (χ0n) is 11.7. The Balaban J connectivity index is 1.97. The van der Waals surface area contributed by atoms with Crippen LogP contribution in [0.1, 0.15) is 26.0 Å². The first-order valence-electron chi connectivity index (χ1n) is 6.69. The Morgan fingerprint density at radius 3 is 2.90 bits per heavy atom. The van der Waals surface area contributed by atoms with Gasteiger partial charge in [0, 0.05) is 31.9 Å². The molecular formula is C13H19N3O3S. The van der Waals surface area contributed by atoms with Crippen LogP contribution in [0.25, 0.3) is 0 Å². The third-order valence-electron chi connectivity index (χ3n) is 3.47. The Kier molecular flexibility index (Phi) is 4.72. The normalized spacial score (nSPS) is 19.2. The molecule has 1 amide bonds. The lowest BCUT2D eigenvalue weighted by Crippen LogP contribution is -2.28. The molecule has 0 spiro atoms. The molecule has 7 heteroatoms. The minimum absolute atomic E-state index is 0.0134. The minimum Gasteiger partial charge on any atom is -0.481 e. The number of rotatable bonds is 5. The second kappa shape index (κ2) is 6.32. The summed E-state index contributed by atoms with van der Waals surface area (Å²) in [5.41, 5.74) is 0.899. The van der Waals surface area contributed by atoms with Crippen molar-refractivity contribution in [2.24, 2.45) is 5.92 Å². The van der Waals surface area contributed by atoms with Gasteiger partial charge in [0.2, 0.25) is 5.91 Å². The number of aliphatic carboxylic acids is 1. The van der Waals surface area contributed by atoms with Crippen LogP contribution in [0.15, 0.2) is 5.38 Å². The van der Waals surface area contributed by atoms with Crippen LogP contribution < -0.4 is 4.90 Å². The molecule has 0 radical (unpaired) electrons. The van der Waals surface area contributed by atoms with Crippen LogP contribution in [-0.2, 0) is 16.1 Å². The molecule has 2 heterocycles. The molecule has 1 fully saturated rings. The van der Waals surface area contributed by atoms with Crippen molar-refractivity contribution in [3.8, 4) is 0 Å². The summed E-state index contributed by atoms with van der Waals surface area (Å²) in [4.78, 5) is 30.6. The molecule has 1 aromatic heterocycles. The third kappa shape index (κ3) is 3.34. The Labute approximate surface area is 122 Å². The average molecular weight is 297 g/mol. The van der Waals surface area contributed by atoms with E-state index in [1.807, 2.05) is 12.3 Å². The zero-order chi connectivity index (χ0) is 14.7. The van der Waals surface area contributed by atoms with Gasteiger partial charge in [0.05, 0.1) is 11.6 Å². The van der Waals surface area contributed by atoms with E-state index in [9.17, 15) is 9.59 Å². The van der Waals surface area contributed by atoms with Gasteiger partial charge in [-0.3, -0.25) is 19.4 Å². The zero-order valence-corrected chi connectivity index (χ0v) is 12.5. The quantitative estimate of drug-likeness (QED) is 0.890. The lowest BCUT2D eigenvalue weighted by molar-refractivity contribution is -0.141. The van der Waals surface area contributed by atoms with Crippen LogP contribution in [0, 0.1) is 5.92 Å². The fourth-order valence-electron chi connectivity index (χ4n) is 2.39. The number of nitrogens with zero attached hydrogens (tertiary/aromatic N) is 3. The van der Waals surface area contributed by atoms with Gasteiger partial charge < -0.3 is 5.11 Å². The van der Waals surface area contributed by atoms with Crippen LogP contribution in [0.5, 0.6) is 0 Å². The van der Waals surface area contributed by atoms with Crippen molar-refractivity contribution in [2.45, 2.75) is 26.8 Å². The number of carboxylic acid groups (broad SMARTS) is 1. The average Bonchev–Trinajstić information content (AvgIpc) is 3.00. The second-order valence-corrected chi connectivity index (χ2v) is 5.78. The highest BCUT2D eigenvalue weighted by Crippen LogP contribution is 2.24. The van der Waals surface area contributed by atoms with Gasteiger partial charge in [0.1, 0.15) is 0 Å². The molecule has 1 atom stereocenters. The van der Waals surface area contributed by atoms with Crippen LogP contribution in [0.2, 0.25) is 0 Å². The van der Waals surface area contributed by atoms with Crippen molar-refractivity contribution in [2.75, 3.05) is 24.5 Å². The molecule has 1 saturated heterocycles. The highest BCUT2D eigenvalue weighted by atomic mass is 32.1. The smallest absolute Gasteiger partial charge is 0.307 e. The Hall–Kier alpha value is -1.47. The SMILES string of the molecule is CCN(C(C)=O)c1nc(CN2CCC(C(=O)O)C2)cs1. The largest absolute Gasteiger partial charge is 0.481 e. The van der Waals surface area contributed by atoms with Crippen molar-refractivity contribution in [3.05, 3.63) is 11.1 Å². The van der Waals surface area contributed by atoms with Crippen molar-refractivity contribution in [1.82, 2.24) is 9.88 Å². The topological polar surface area (TPSA) is 73.7 Å². The fourth-order valence-corrected chi connectivity index (χ4v) is 3.32. The number of carbonyl (C=O) groups is 2. The summed E-state index contributed by atoms with van der Waals surface area (Å²) in [6.07, 6.45) is 0.695. The third-order valence-corrected chi connectivity index (χ3v) is 4.39. The molecule has 110 valence electrons. The standard InChI is InChI=1S/C13H19N3O3S/c1-3-16(9(2)17)13-14-11(8-20-13)7-15-5-4-10(6-15)12(18)19/h8,10H,3-7H2,1-2H3,(H,18,19). The van der Waals surface area contributed by atoms with Gasteiger partial charge >= 0.3 is 5.97 Å². The maximum atomic E-state index is 11.5. The molecule has 1 aromatic rings. The molecule has 1 unspecified atom stereocenters. The molecule has 0 aromatic carbocycles. The molecule has 0 bridgehead atoms. The Bertz CT molecular complexity index is 503. The lowest BCUT2D eigenvalue weighted by atomic mass is 10.1. The lowest BCUT2D eigenvalue weighted by Gasteiger charge is -2.15. The molecule has 0 saturated carbocycles. The number of carbonyl (C=O) groups excluding carboxylic acids is 1. The Morgan fingerprint density at radius 2 is 2.35 bits per heavy atom. The van der Waals surface area contributed by atoms with Gasteiger partial charge in [0.15, 0.2) is 5.13 Å². The first-order valence-corrected chi connectivity index (χ1v) is 7.57. The summed E-state index contributed by atoms with van der Waals surface area (Å²) in [5, 5.41) is 11.6. The Morgan fingerprint density at radius 1 is 1.60 bits per heavy atom. The predicted molar refractivity (Wildman–Crippen MR) is 76.8 cm³/mol. The maximum absolute atomic E-state index is 11.5. The van der Waals surface area contributed by atoms with Crippen molar-refractivity contribution in [3.63, 3.8) is 0 Å². The summed E-state index contributed by atoms with van der Waals surface area (Å²) in [6.45, 7) is 6.06. The summed E-state index contributed by atoms with van der Waals surface area (Å²) in [7, 11) is 0.